The van der Waals surface area contributed by atoms with E-state index in [1.807, 2.05) is 25.1 Å². The number of hydrogen-bond acceptors (Lipinski definition) is 3. The Hall–Kier alpha value is -1.81. The van der Waals surface area contributed by atoms with Crippen LogP contribution in [0.3, 0.4) is 0 Å². The first-order valence-electron chi connectivity index (χ1n) is 6.84. The number of hydrogen-bond donors (Lipinski definition) is 1. The van der Waals surface area contributed by atoms with Crippen LogP contribution < -0.4 is 4.74 Å². The molecule has 0 atom stereocenters. The fourth-order valence-electron chi connectivity index (χ4n) is 2.14. The van der Waals surface area contributed by atoms with Gasteiger partial charge in [0, 0.05) is 10.4 Å². The SMILES string of the molecule is Cc1sc(C(=O)O)cc1COc1ccccc1C(C)(C)C. The van der Waals surface area contributed by atoms with E-state index in [0.29, 0.717) is 11.5 Å². The van der Waals surface area contributed by atoms with Gasteiger partial charge in [0.1, 0.15) is 17.2 Å². The van der Waals surface area contributed by atoms with Crippen molar-refractivity contribution in [1.29, 1.82) is 0 Å². The largest absolute Gasteiger partial charge is 0.489 e. The first-order chi connectivity index (χ1) is 9.79. The third-order valence-electron chi connectivity index (χ3n) is 3.31. The van der Waals surface area contributed by atoms with E-state index in [2.05, 4.69) is 26.8 Å². The van der Waals surface area contributed by atoms with Gasteiger partial charge in [-0.25, -0.2) is 4.79 Å². The summed E-state index contributed by atoms with van der Waals surface area (Å²) in [4.78, 5) is 12.3. The molecule has 0 saturated heterocycles. The maximum absolute atomic E-state index is 11.0. The van der Waals surface area contributed by atoms with Gasteiger partial charge in [-0.15, -0.1) is 11.3 Å². The summed E-state index contributed by atoms with van der Waals surface area (Å²) in [6.45, 7) is 8.75. The van der Waals surface area contributed by atoms with Gasteiger partial charge in [-0.1, -0.05) is 39.0 Å². The Labute approximate surface area is 129 Å². The van der Waals surface area contributed by atoms with Crippen LogP contribution in [0.25, 0.3) is 0 Å². The molecule has 1 N–H and O–H groups in total. The zero-order valence-electron chi connectivity index (χ0n) is 12.8. The first-order valence-corrected chi connectivity index (χ1v) is 7.65. The minimum Gasteiger partial charge on any atom is -0.489 e. The van der Waals surface area contributed by atoms with E-state index in [0.717, 1.165) is 21.8 Å². The smallest absolute Gasteiger partial charge is 0.345 e. The number of carbonyl (C=O) groups is 1. The Balaban J connectivity index is 2.19. The highest BCUT2D eigenvalue weighted by Gasteiger charge is 2.19. The van der Waals surface area contributed by atoms with Gasteiger partial charge < -0.3 is 9.84 Å². The van der Waals surface area contributed by atoms with Gasteiger partial charge in [-0.05, 0) is 30.0 Å². The first kappa shape index (κ1) is 15.6. The second kappa shape index (κ2) is 5.90. The lowest BCUT2D eigenvalue weighted by molar-refractivity contribution is 0.0702. The highest BCUT2D eigenvalue weighted by Crippen LogP contribution is 2.32. The van der Waals surface area contributed by atoms with E-state index in [1.54, 1.807) is 6.07 Å². The molecule has 0 radical (unpaired) electrons. The number of aromatic carboxylic acids is 1. The molecule has 0 fully saturated rings. The molecule has 0 unspecified atom stereocenters. The fraction of sp³-hybridized carbons (Fsp3) is 0.353. The molecule has 0 aliphatic heterocycles. The van der Waals surface area contributed by atoms with Crippen LogP contribution in [-0.2, 0) is 12.0 Å². The van der Waals surface area contributed by atoms with Crippen molar-refractivity contribution in [3.63, 3.8) is 0 Å². The number of ether oxygens (including phenoxy) is 1. The van der Waals surface area contributed by atoms with Gasteiger partial charge in [-0.2, -0.15) is 0 Å². The molecule has 112 valence electrons. The third-order valence-corrected chi connectivity index (χ3v) is 4.39. The van der Waals surface area contributed by atoms with E-state index < -0.39 is 5.97 Å². The summed E-state index contributed by atoms with van der Waals surface area (Å²) in [5, 5.41) is 9.03. The predicted octanol–water partition coefficient (Wildman–Crippen LogP) is 4.63. The van der Waals surface area contributed by atoms with Crippen LogP contribution in [0.4, 0.5) is 0 Å². The normalized spacial score (nSPS) is 11.4. The molecule has 1 aromatic carbocycles. The summed E-state index contributed by atoms with van der Waals surface area (Å²) in [5.41, 5.74) is 2.09. The molecule has 3 nitrogen and oxygen atoms in total. The lowest BCUT2D eigenvalue weighted by Gasteiger charge is -2.22. The van der Waals surface area contributed by atoms with Crippen LogP contribution in [0.1, 0.15) is 46.4 Å². The molecule has 4 heteroatoms. The predicted molar refractivity (Wildman–Crippen MR) is 85.5 cm³/mol. The van der Waals surface area contributed by atoms with E-state index in [1.165, 1.54) is 11.3 Å². The molecule has 0 amide bonds. The molecule has 2 rings (SSSR count). The van der Waals surface area contributed by atoms with Gasteiger partial charge >= 0.3 is 5.97 Å². The number of benzene rings is 1. The van der Waals surface area contributed by atoms with Crippen molar-refractivity contribution in [2.45, 2.75) is 39.7 Å². The second-order valence-corrected chi connectivity index (χ2v) is 7.29. The highest BCUT2D eigenvalue weighted by molar-refractivity contribution is 7.14. The quantitative estimate of drug-likeness (QED) is 0.895. The minimum atomic E-state index is -0.885. The number of aryl methyl sites for hydroxylation is 1. The van der Waals surface area contributed by atoms with Crippen molar-refractivity contribution in [1.82, 2.24) is 0 Å². The van der Waals surface area contributed by atoms with Crippen LogP contribution in [0, 0.1) is 6.92 Å². The van der Waals surface area contributed by atoms with E-state index >= 15 is 0 Å². The molecule has 0 spiro atoms. The lowest BCUT2D eigenvalue weighted by atomic mass is 9.86. The Kier molecular flexibility index (Phi) is 4.37. The van der Waals surface area contributed by atoms with Crippen molar-refractivity contribution in [2.24, 2.45) is 0 Å². The number of carboxylic acid groups (broad SMARTS) is 1. The Morgan fingerprint density at radius 2 is 1.95 bits per heavy atom. The number of carboxylic acids is 1. The second-order valence-electron chi connectivity index (χ2n) is 6.03. The standard InChI is InChI=1S/C17H20O3S/c1-11-12(9-15(21-11)16(18)19)10-20-14-8-6-5-7-13(14)17(2,3)4/h5-9H,10H2,1-4H3,(H,18,19). The topological polar surface area (TPSA) is 46.5 Å². The molecule has 21 heavy (non-hydrogen) atoms. The maximum Gasteiger partial charge on any atom is 0.345 e. The average molecular weight is 304 g/mol. The summed E-state index contributed by atoms with van der Waals surface area (Å²) in [7, 11) is 0. The molecule has 0 aliphatic rings. The Morgan fingerprint density at radius 3 is 2.52 bits per heavy atom. The average Bonchev–Trinajstić information content (AvgIpc) is 2.77. The zero-order valence-corrected chi connectivity index (χ0v) is 13.6. The van der Waals surface area contributed by atoms with Gasteiger partial charge in [0.25, 0.3) is 0 Å². The lowest BCUT2D eigenvalue weighted by Crippen LogP contribution is -2.13. The van der Waals surface area contributed by atoms with Crippen molar-refractivity contribution in [2.75, 3.05) is 0 Å². The van der Waals surface area contributed by atoms with Crippen LogP contribution in [-0.4, -0.2) is 11.1 Å². The molecule has 0 bridgehead atoms. The monoisotopic (exact) mass is 304 g/mol. The van der Waals surface area contributed by atoms with E-state index in [-0.39, 0.29) is 5.41 Å². The molecule has 1 heterocycles. The highest BCUT2D eigenvalue weighted by atomic mass is 32.1. The molecule has 1 aromatic heterocycles. The van der Waals surface area contributed by atoms with Crippen LogP contribution in [0.5, 0.6) is 5.75 Å². The summed E-state index contributed by atoms with van der Waals surface area (Å²) in [5.74, 6) is -0.0306. The van der Waals surface area contributed by atoms with Gasteiger partial charge in [0.05, 0.1) is 0 Å². The van der Waals surface area contributed by atoms with Gasteiger partial charge in [-0.3, -0.25) is 0 Å². The Bertz CT molecular complexity index is 650. The van der Waals surface area contributed by atoms with Crippen molar-refractivity contribution < 1.29 is 14.6 Å². The number of rotatable bonds is 4. The maximum atomic E-state index is 11.0. The molecular formula is C17H20O3S. The summed E-state index contributed by atoms with van der Waals surface area (Å²) < 4.78 is 5.94. The molecule has 0 aliphatic carbocycles. The summed E-state index contributed by atoms with van der Waals surface area (Å²) in [6.07, 6.45) is 0. The Morgan fingerprint density at radius 1 is 1.29 bits per heavy atom. The molecular weight excluding hydrogens is 284 g/mol. The molecule has 0 saturated carbocycles. The van der Waals surface area contributed by atoms with E-state index in [9.17, 15) is 4.79 Å². The molecule has 2 aromatic rings. The minimum absolute atomic E-state index is 0.00646. The van der Waals surface area contributed by atoms with Crippen molar-refractivity contribution in [3.8, 4) is 5.75 Å². The summed E-state index contributed by atoms with van der Waals surface area (Å²) in [6, 6.07) is 9.68. The summed E-state index contributed by atoms with van der Waals surface area (Å²) >= 11 is 1.29. The zero-order chi connectivity index (χ0) is 15.6. The van der Waals surface area contributed by atoms with Crippen molar-refractivity contribution in [3.05, 3.63) is 51.2 Å². The van der Waals surface area contributed by atoms with Gasteiger partial charge in [0.15, 0.2) is 0 Å². The fourth-order valence-corrected chi connectivity index (χ4v) is 3.00. The van der Waals surface area contributed by atoms with Crippen LogP contribution in [0.2, 0.25) is 0 Å². The van der Waals surface area contributed by atoms with Crippen LogP contribution >= 0.6 is 11.3 Å². The van der Waals surface area contributed by atoms with E-state index in [4.69, 9.17) is 9.84 Å². The number of para-hydroxylation sites is 1. The third kappa shape index (κ3) is 3.64. The van der Waals surface area contributed by atoms with Crippen LogP contribution in [0.15, 0.2) is 30.3 Å². The number of thiophene rings is 1. The van der Waals surface area contributed by atoms with Crippen molar-refractivity contribution >= 4 is 17.3 Å². The van der Waals surface area contributed by atoms with Gasteiger partial charge in [0.2, 0.25) is 0 Å².